The zero-order chi connectivity index (χ0) is 23.6. The standard InChI is InChI=1S/C24H23F4N3O2/c1-33-17-10-8-14(9-11-17)23(32)30-16-5-2-4-15(12-16)29-20-13-21(24(26,27)28)31-22-18(20)6-3-7-19(22)25/h3,6-11,13,15-16H,2,4-5,12H2,1H3,(H,29,31)(H,30,32)/t15-,16?/m0/s1. The molecule has 2 atom stereocenters. The maximum absolute atomic E-state index is 14.2. The quantitative estimate of drug-likeness (QED) is 0.489. The summed E-state index contributed by atoms with van der Waals surface area (Å²) in [4.78, 5) is 16.1. The first kappa shape index (κ1) is 22.8. The molecule has 2 aromatic carbocycles. The van der Waals surface area contributed by atoms with E-state index in [4.69, 9.17) is 4.74 Å². The number of para-hydroxylation sites is 1. The van der Waals surface area contributed by atoms with Gasteiger partial charge in [0, 0.05) is 28.7 Å². The van der Waals surface area contributed by atoms with Crippen molar-refractivity contribution in [1.29, 1.82) is 0 Å². The number of pyridine rings is 1. The van der Waals surface area contributed by atoms with E-state index in [1.807, 2.05) is 0 Å². The Hall–Kier alpha value is -3.36. The molecule has 0 spiro atoms. The van der Waals surface area contributed by atoms with E-state index in [-0.39, 0.29) is 34.6 Å². The molecule has 1 aliphatic rings. The lowest BCUT2D eigenvalue weighted by Gasteiger charge is -2.31. The van der Waals surface area contributed by atoms with Crippen LogP contribution in [0.15, 0.2) is 48.5 Å². The van der Waals surface area contributed by atoms with Gasteiger partial charge in [0.05, 0.1) is 7.11 Å². The van der Waals surface area contributed by atoms with Crippen LogP contribution in [0.5, 0.6) is 5.75 Å². The van der Waals surface area contributed by atoms with Crippen molar-refractivity contribution in [3.8, 4) is 5.75 Å². The predicted molar refractivity (Wildman–Crippen MR) is 117 cm³/mol. The number of hydrogen-bond donors (Lipinski definition) is 2. The first-order valence-corrected chi connectivity index (χ1v) is 10.6. The number of rotatable bonds is 5. The molecule has 1 aliphatic carbocycles. The van der Waals surface area contributed by atoms with E-state index in [1.165, 1.54) is 6.07 Å². The maximum atomic E-state index is 14.2. The lowest BCUT2D eigenvalue weighted by Crippen LogP contribution is -2.41. The second kappa shape index (κ2) is 9.25. The first-order chi connectivity index (χ1) is 15.7. The number of carbonyl (C=O) groups is 1. The first-order valence-electron chi connectivity index (χ1n) is 10.6. The minimum atomic E-state index is -4.70. The maximum Gasteiger partial charge on any atom is 0.433 e. The van der Waals surface area contributed by atoms with Crippen LogP contribution in [0, 0.1) is 5.82 Å². The van der Waals surface area contributed by atoms with E-state index < -0.39 is 17.7 Å². The number of benzene rings is 2. The molecular formula is C24H23F4N3O2. The van der Waals surface area contributed by atoms with Gasteiger partial charge >= 0.3 is 6.18 Å². The fourth-order valence-corrected chi connectivity index (χ4v) is 4.16. The number of hydrogen-bond acceptors (Lipinski definition) is 4. The van der Waals surface area contributed by atoms with Crippen molar-refractivity contribution in [2.75, 3.05) is 12.4 Å². The third-order valence-corrected chi connectivity index (χ3v) is 5.80. The minimum Gasteiger partial charge on any atom is -0.497 e. The summed E-state index contributed by atoms with van der Waals surface area (Å²) in [7, 11) is 1.54. The summed E-state index contributed by atoms with van der Waals surface area (Å²) in [6.07, 6.45) is -1.90. The van der Waals surface area contributed by atoms with E-state index in [9.17, 15) is 22.4 Å². The molecule has 1 aromatic heterocycles. The number of alkyl halides is 3. The van der Waals surface area contributed by atoms with Crippen molar-refractivity contribution in [2.45, 2.75) is 43.9 Å². The van der Waals surface area contributed by atoms with Crippen molar-refractivity contribution in [2.24, 2.45) is 0 Å². The summed E-state index contributed by atoms with van der Waals surface area (Å²) in [6, 6.07) is 11.4. The Morgan fingerprint density at radius 1 is 1.09 bits per heavy atom. The average molecular weight is 461 g/mol. The summed E-state index contributed by atoms with van der Waals surface area (Å²) in [5.74, 6) is -0.387. The van der Waals surface area contributed by atoms with Crippen LogP contribution in [-0.4, -0.2) is 30.1 Å². The lowest BCUT2D eigenvalue weighted by atomic mass is 9.90. The highest BCUT2D eigenvalue weighted by Crippen LogP contribution is 2.35. The second-order valence-electron chi connectivity index (χ2n) is 8.10. The largest absolute Gasteiger partial charge is 0.497 e. The number of fused-ring (bicyclic) bond motifs is 1. The predicted octanol–water partition coefficient (Wildman–Crippen LogP) is 5.55. The number of ether oxygens (including phenoxy) is 1. The summed E-state index contributed by atoms with van der Waals surface area (Å²) < 4.78 is 59.4. The zero-order valence-corrected chi connectivity index (χ0v) is 17.9. The van der Waals surface area contributed by atoms with E-state index in [0.717, 1.165) is 31.4 Å². The number of methoxy groups -OCH3 is 1. The summed E-state index contributed by atoms with van der Waals surface area (Å²) >= 11 is 0. The van der Waals surface area contributed by atoms with Gasteiger partial charge in [-0.3, -0.25) is 4.79 Å². The number of aromatic nitrogens is 1. The van der Waals surface area contributed by atoms with Gasteiger partial charge in [0.2, 0.25) is 0 Å². The molecule has 0 radical (unpaired) electrons. The minimum absolute atomic E-state index is 0.141. The van der Waals surface area contributed by atoms with Gasteiger partial charge in [-0.1, -0.05) is 12.1 Å². The Morgan fingerprint density at radius 3 is 2.52 bits per heavy atom. The average Bonchev–Trinajstić information content (AvgIpc) is 2.79. The van der Waals surface area contributed by atoms with Crippen LogP contribution in [0.3, 0.4) is 0 Å². The summed E-state index contributed by atoms with van der Waals surface area (Å²) in [5.41, 5.74) is -0.798. The molecule has 9 heteroatoms. The van der Waals surface area contributed by atoms with E-state index >= 15 is 0 Å². The molecule has 33 heavy (non-hydrogen) atoms. The van der Waals surface area contributed by atoms with Crippen LogP contribution in [-0.2, 0) is 6.18 Å². The Kier molecular flexibility index (Phi) is 6.40. The molecule has 0 saturated heterocycles. The Bertz CT molecular complexity index is 1150. The molecule has 1 unspecified atom stereocenters. The Balaban J connectivity index is 1.51. The van der Waals surface area contributed by atoms with E-state index in [1.54, 1.807) is 37.4 Å². The highest BCUT2D eigenvalue weighted by molar-refractivity contribution is 5.94. The van der Waals surface area contributed by atoms with Gasteiger partial charge in [-0.15, -0.1) is 0 Å². The number of halogens is 4. The number of amides is 1. The molecule has 2 N–H and O–H groups in total. The van der Waals surface area contributed by atoms with E-state index in [0.29, 0.717) is 17.7 Å². The van der Waals surface area contributed by atoms with Crippen LogP contribution in [0.4, 0.5) is 23.2 Å². The van der Waals surface area contributed by atoms with Crippen LogP contribution < -0.4 is 15.4 Å². The third kappa shape index (κ3) is 5.18. The lowest BCUT2D eigenvalue weighted by molar-refractivity contribution is -0.140. The molecule has 1 heterocycles. The molecule has 174 valence electrons. The number of nitrogens with one attached hydrogen (secondary N) is 2. The van der Waals surface area contributed by atoms with Gasteiger partial charge in [-0.25, -0.2) is 9.37 Å². The number of carbonyl (C=O) groups excluding carboxylic acids is 1. The third-order valence-electron chi connectivity index (χ3n) is 5.80. The molecule has 1 amide bonds. The van der Waals surface area contributed by atoms with Crippen molar-refractivity contribution in [3.63, 3.8) is 0 Å². The highest BCUT2D eigenvalue weighted by atomic mass is 19.4. The second-order valence-corrected chi connectivity index (χ2v) is 8.10. The molecule has 0 aliphatic heterocycles. The fraction of sp³-hybridized carbons (Fsp3) is 0.333. The van der Waals surface area contributed by atoms with Gasteiger partial charge in [-0.05, 0) is 62.1 Å². The van der Waals surface area contributed by atoms with Gasteiger partial charge in [-0.2, -0.15) is 13.2 Å². The Labute approximate surface area is 188 Å². The molecule has 4 rings (SSSR count). The normalized spacial score (nSPS) is 18.7. The van der Waals surface area contributed by atoms with Gasteiger partial charge in [0.25, 0.3) is 5.91 Å². The van der Waals surface area contributed by atoms with Gasteiger partial charge in [0.15, 0.2) is 0 Å². The van der Waals surface area contributed by atoms with Crippen molar-refractivity contribution < 1.29 is 27.1 Å². The summed E-state index contributed by atoms with van der Waals surface area (Å²) in [6.45, 7) is 0. The van der Waals surface area contributed by atoms with Crippen LogP contribution in [0.1, 0.15) is 41.7 Å². The van der Waals surface area contributed by atoms with Crippen LogP contribution >= 0.6 is 0 Å². The smallest absolute Gasteiger partial charge is 0.433 e. The van der Waals surface area contributed by atoms with Crippen molar-refractivity contribution in [3.05, 3.63) is 65.6 Å². The molecule has 1 fully saturated rings. The van der Waals surface area contributed by atoms with Crippen LogP contribution in [0.25, 0.3) is 10.9 Å². The topological polar surface area (TPSA) is 63.2 Å². The van der Waals surface area contributed by atoms with Crippen LogP contribution in [0.2, 0.25) is 0 Å². The SMILES string of the molecule is COc1ccc(C(=O)NC2CCC[C@H](Nc3cc(C(F)(F)F)nc4c(F)cccc34)C2)cc1. The van der Waals surface area contributed by atoms with Gasteiger partial charge < -0.3 is 15.4 Å². The monoisotopic (exact) mass is 461 g/mol. The molecule has 1 saturated carbocycles. The summed E-state index contributed by atoms with van der Waals surface area (Å²) in [5, 5.41) is 6.43. The Morgan fingerprint density at radius 2 is 1.82 bits per heavy atom. The number of anilines is 1. The molecule has 3 aromatic rings. The van der Waals surface area contributed by atoms with Gasteiger partial charge in [0.1, 0.15) is 22.8 Å². The molecular weight excluding hydrogens is 438 g/mol. The van der Waals surface area contributed by atoms with Crippen molar-refractivity contribution in [1.82, 2.24) is 10.3 Å². The zero-order valence-electron chi connectivity index (χ0n) is 17.9. The van der Waals surface area contributed by atoms with Crippen molar-refractivity contribution >= 4 is 22.5 Å². The molecule has 0 bridgehead atoms. The van der Waals surface area contributed by atoms with E-state index in [2.05, 4.69) is 15.6 Å². The number of nitrogens with zero attached hydrogens (tertiary/aromatic N) is 1. The fourth-order valence-electron chi connectivity index (χ4n) is 4.16. The molecule has 5 nitrogen and oxygen atoms in total. The highest BCUT2D eigenvalue weighted by Gasteiger charge is 2.34.